The van der Waals surface area contributed by atoms with Crippen molar-refractivity contribution in [2.45, 2.75) is 58.4 Å². The number of amides is 2. The Morgan fingerprint density at radius 2 is 1.77 bits per heavy atom. The van der Waals surface area contributed by atoms with Crippen molar-refractivity contribution in [3.05, 3.63) is 50.9 Å². The molecule has 4 aliphatic carbocycles. The fourth-order valence-corrected chi connectivity index (χ4v) is 6.82. The second kappa shape index (κ2) is 7.66. The summed E-state index contributed by atoms with van der Waals surface area (Å²) in [5.74, 6) is 2.51. The van der Waals surface area contributed by atoms with E-state index < -0.39 is 0 Å². The van der Waals surface area contributed by atoms with E-state index >= 15 is 0 Å². The molecule has 7 heteroatoms. The molecule has 4 aliphatic rings. The Morgan fingerprint density at radius 1 is 1.19 bits per heavy atom. The predicted molar refractivity (Wildman–Crippen MR) is 122 cm³/mol. The van der Waals surface area contributed by atoms with Gasteiger partial charge in [0.05, 0.1) is 11.3 Å². The van der Waals surface area contributed by atoms with Crippen molar-refractivity contribution in [3.8, 4) is 5.69 Å². The van der Waals surface area contributed by atoms with E-state index in [2.05, 4.69) is 22.3 Å². The standard InChI is InChI=1S/C24H29ClN4O2/c1-14-21(22(30)29(28-14)20-5-3-19(25)4-6-20)13-26-23(31)27-15(2)24-10-16-7-17(11-24)9-18(8-16)12-24/h3-6,13,15-18,28H,7-12H2,1-2H3,(H,27,31)/b26-13+. The first-order chi connectivity index (χ1) is 14.8. The van der Waals surface area contributed by atoms with Crippen LogP contribution >= 0.6 is 11.6 Å². The van der Waals surface area contributed by atoms with E-state index in [1.165, 1.54) is 49.4 Å². The van der Waals surface area contributed by atoms with Crippen LogP contribution in [0.5, 0.6) is 0 Å². The lowest BCUT2D eigenvalue weighted by Gasteiger charge is -2.59. The summed E-state index contributed by atoms with van der Waals surface area (Å²) in [6.45, 7) is 3.93. The average Bonchev–Trinajstić information content (AvgIpc) is 2.99. The summed E-state index contributed by atoms with van der Waals surface area (Å²) in [6.07, 6.45) is 9.20. The molecule has 1 aromatic heterocycles. The van der Waals surface area contributed by atoms with Crippen LogP contribution in [-0.2, 0) is 0 Å². The van der Waals surface area contributed by atoms with Crippen molar-refractivity contribution in [2.24, 2.45) is 28.2 Å². The summed E-state index contributed by atoms with van der Waals surface area (Å²) in [5, 5.41) is 6.76. The monoisotopic (exact) mass is 440 g/mol. The minimum atomic E-state index is -0.374. The quantitative estimate of drug-likeness (QED) is 0.665. The third-order valence-electron chi connectivity index (χ3n) is 7.86. The fourth-order valence-electron chi connectivity index (χ4n) is 6.69. The van der Waals surface area contributed by atoms with E-state index in [1.54, 1.807) is 31.2 Å². The first-order valence-electron chi connectivity index (χ1n) is 11.2. The zero-order valence-corrected chi connectivity index (χ0v) is 18.8. The Bertz CT molecular complexity index is 1050. The van der Waals surface area contributed by atoms with Crippen LogP contribution in [0.4, 0.5) is 4.79 Å². The predicted octanol–water partition coefficient (Wildman–Crippen LogP) is 4.86. The Hall–Kier alpha value is -2.34. The minimum Gasteiger partial charge on any atom is -0.333 e. The Balaban J connectivity index is 1.29. The molecule has 2 aromatic rings. The van der Waals surface area contributed by atoms with Gasteiger partial charge >= 0.3 is 6.03 Å². The first-order valence-corrected chi connectivity index (χ1v) is 11.6. The maximum Gasteiger partial charge on any atom is 0.341 e. The van der Waals surface area contributed by atoms with Gasteiger partial charge in [-0.2, -0.15) is 0 Å². The summed E-state index contributed by atoms with van der Waals surface area (Å²) in [7, 11) is 0. The number of aliphatic imine (C=N–C) groups is 1. The van der Waals surface area contributed by atoms with Gasteiger partial charge in [-0.05, 0) is 99.8 Å². The molecule has 2 N–H and O–H groups in total. The number of nitrogens with zero attached hydrogens (tertiary/aromatic N) is 2. The molecule has 0 radical (unpaired) electrons. The van der Waals surface area contributed by atoms with Gasteiger partial charge < -0.3 is 5.32 Å². The number of aryl methyl sites for hydroxylation is 1. The van der Waals surface area contributed by atoms with Gasteiger partial charge in [0.15, 0.2) is 0 Å². The van der Waals surface area contributed by atoms with E-state index in [9.17, 15) is 9.59 Å². The SMILES string of the molecule is Cc1[nH]n(-c2ccc(Cl)cc2)c(=O)c1/C=N/C(=O)NC(C)C12CC3CC(CC(C3)C1)C2. The highest BCUT2D eigenvalue weighted by Crippen LogP contribution is 2.61. The molecule has 0 aliphatic heterocycles. The number of hydrogen-bond donors (Lipinski definition) is 2. The van der Waals surface area contributed by atoms with Crippen molar-refractivity contribution in [1.29, 1.82) is 0 Å². The average molecular weight is 441 g/mol. The van der Waals surface area contributed by atoms with Gasteiger partial charge in [-0.25, -0.2) is 14.5 Å². The molecule has 1 atom stereocenters. The Kier molecular flexibility index (Phi) is 5.08. The summed E-state index contributed by atoms with van der Waals surface area (Å²) >= 11 is 5.94. The van der Waals surface area contributed by atoms with Crippen molar-refractivity contribution >= 4 is 23.8 Å². The topological polar surface area (TPSA) is 79.2 Å². The van der Waals surface area contributed by atoms with Crippen LogP contribution in [0.3, 0.4) is 0 Å². The highest BCUT2D eigenvalue weighted by atomic mass is 35.5. The lowest BCUT2D eigenvalue weighted by Crippen LogP contribution is -2.55. The molecule has 4 fully saturated rings. The summed E-state index contributed by atoms with van der Waals surface area (Å²) in [5.41, 5.74) is 1.70. The number of nitrogens with one attached hydrogen (secondary N) is 2. The van der Waals surface area contributed by atoms with Gasteiger partial charge in [-0.1, -0.05) is 11.6 Å². The molecule has 4 saturated carbocycles. The largest absolute Gasteiger partial charge is 0.341 e. The molecule has 0 saturated heterocycles. The van der Waals surface area contributed by atoms with Crippen LogP contribution in [0.25, 0.3) is 5.69 Å². The summed E-state index contributed by atoms with van der Waals surface area (Å²) in [4.78, 5) is 29.5. The lowest BCUT2D eigenvalue weighted by molar-refractivity contribution is -0.0680. The van der Waals surface area contributed by atoms with Gasteiger partial charge in [0, 0.05) is 23.0 Å². The molecular weight excluding hydrogens is 412 g/mol. The molecule has 1 aromatic carbocycles. The van der Waals surface area contributed by atoms with Crippen molar-refractivity contribution in [3.63, 3.8) is 0 Å². The van der Waals surface area contributed by atoms with E-state index in [0.29, 0.717) is 22.0 Å². The third kappa shape index (κ3) is 3.75. The van der Waals surface area contributed by atoms with Crippen LogP contribution in [0.15, 0.2) is 34.1 Å². The van der Waals surface area contributed by atoms with Gasteiger partial charge in [0.1, 0.15) is 0 Å². The lowest BCUT2D eigenvalue weighted by atomic mass is 9.48. The smallest absolute Gasteiger partial charge is 0.333 e. The zero-order valence-electron chi connectivity index (χ0n) is 18.0. The first kappa shape index (κ1) is 20.6. The number of aromatic amines is 1. The van der Waals surface area contributed by atoms with Gasteiger partial charge in [0.25, 0.3) is 5.56 Å². The van der Waals surface area contributed by atoms with Crippen LogP contribution < -0.4 is 10.9 Å². The maximum absolute atomic E-state index is 12.8. The maximum atomic E-state index is 12.8. The molecule has 6 rings (SSSR count). The number of rotatable bonds is 4. The van der Waals surface area contributed by atoms with E-state index in [4.69, 9.17) is 11.6 Å². The molecule has 164 valence electrons. The van der Waals surface area contributed by atoms with Gasteiger partial charge in [-0.3, -0.25) is 9.89 Å². The molecule has 1 heterocycles. The fraction of sp³-hybridized carbons (Fsp3) is 0.542. The summed E-state index contributed by atoms with van der Waals surface area (Å²) in [6, 6.07) is 6.71. The van der Waals surface area contributed by atoms with Crippen molar-refractivity contribution < 1.29 is 4.79 Å². The van der Waals surface area contributed by atoms with E-state index in [1.807, 2.05) is 0 Å². The van der Waals surface area contributed by atoms with Gasteiger partial charge in [-0.15, -0.1) is 0 Å². The van der Waals surface area contributed by atoms with Crippen LogP contribution in [0.1, 0.15) is 56.7 Å². The van der Waals surface area contributed by atoms with E-state index in [-0.39, 0.29) is 23.0 Å². The number of urea groups is 1. The third-order valence-corrected chi connectivity index (χ3v) is 8.11. The second-order valence-corrected chi connectivity index (χ2v) is 10.4. The number of carbonyl (C=O) groups excluding carboxylic acids is 1. The highest BCUT2D eigenvalue weighted by molar-refractivity contribution is 6.30. The number of aromatic nitrogens is 2. The highest BCUT2D eigenvalue weighted by Gasteiger charge is 2.53. The molecular formula is C24H29ClN4O2. The van der Waals surface area contributed by atoms with Crippen LogP contribution in [0.2, 0.25) is 5.02 Å². The zero-order chi connectivity index (χ0) is 21.8. The van der Waals surface area contributed by atoms with Crippen molar-refractivity contribution in [2.75, 3.05) is 0 Å². The van der Waals surface area contributed by atoms with Crippen molar-refractivity contribution in [1.82, 2.24) is 15.1 Å². The number of H-pyrrole nitrogens is 1. The Labute approximate surface area is 187 Å². The van der Waals surface area contributed by atoms with Gasteiger partial charge in [0.2, 0.25) is 0 Å². The molecule has 6 nitrogen and oxygen atoms in total. The molecule has 4 bridgehead atoms. The molecule has 31 heavy (non-hydrogen) atoms. The molecule has 1 unspecified atom stereocenters. The number of hydrogen-bond acceptors (Lipinski definition) is 2. The minimum absolute atomic E-state index is 0.101. The normalized spacial score (nSPS) is 30.1. The van der Waals surface area contributed by atoms with Crippen LogP contribution in [-0.4, -0.2) is 28.1 Å². The molecule has 2 amide bonds. The molecule has 0 spiro atoms. The summed E-state index contributed by atoms with van der Waals surface area (Å²) < 4.78 is 1.43. The number of halogens is 1. The number of benzene rings is 1. The van der Waals surface area contributed by atoms with Crippen LogP contribution in [0, 0.1) is 30.1 Å². The second-order valence-electron chi connectivity index (χ2n) is 9.98. The number of carbonyl (C=O) groups is 1. The Morgan fingerprint density at radius 3 is 2.35 bits per heavy atom. The van der Waals surface area contributed by atoms with E-state index in [0.717, 1.165) is 17.8 Å².